The van der Waals surface area contributed by atoms with Crippen LogP contribution in [0.25, 0.3) is 0 Å². The molecule has 0 amide bonds. The van der Waals surface area contributed by atoms with E-state index >= 15 is 0 Å². The number of hydrazine groups is 1. The van der Waals surface area contributed by atoms with Crippen molar-refractivity contribution in [3.8, 4) is 0 Å². The summed E-state index contributed by atoms with van der Waals surface area (Å²) in [5.74, 6) is 6.48. The molecule has 0 saturated carbocycles. The highest BCUT2D eigenvalue weighted by Crippen LogP contribution is 2.36. The zero-order valence-corrected chi connectivity index (χ0v) is 10.7. The topological polar surface area (TPSA) is 47.3 Å². The van der Waals surface area contributed by atoms with E-state index in [0.717, 1.165) is 40.7 Å². The first kappa shape index (κ1) is 11.9. The van der Waals surface area contributed by atoms with Gasteiger partial charge in [0, 0.05) is 4.88 Å². The van der Waals surface area contributed by atoms with Crippen molar-refractivity contribution in [3.05, 3.63) is 32.7 Å². The quantitative estimate of drug-likeness (QED) is 0.647. The third kappa shape index (κ3) is 2.25. The van der Waals surface area contributed by atoms with Crippen molar-refractivity contribution in [1.29, 1.82) is 0 Å². The summed E-state index contributed by atoms with van der Waals surface area (Å²) in [6.07, 6.45) is 4.19. The molecule has 0 aromatic carbocycles. The lowest BCUT2D eigenvalue weighted by molar-refractivity contribution is 0.168. The molecule has 0 radical (unpaired) electrons. The number of thiophene rings is 1. The van der Waals surface area contributed by atoms with E-state index in [2.05, 4.69) is 11.5 Å². The number of aryl methyl sites for hydroxylation is 1. The second kappa shape index (κ2) is 5.19. The molecule has 5 heteroatoms. The van der Waals surface area contributed by atoms with Crippen LogP contribution in [0.2, 0.25) is 5.02 Å². The maximum absolute atomic E-state index is 6.23. The summed E-state index contributed by atoms with van der Waals surface area (Å²) in [7, 11) is 0. The van der Waals surface area contributed by atoms with Crippen LogP contribution in [0.5, 0.6) is 0 Å². The van der Waals surface area contributed by atoms with Crippen LogP contribution in [0.1, 0.15) is 29.3 Å². The third-order valence-electron chi connectivity index (χ3n) is 2.60. The van der Waals surface area contributed by atoms with E-state index in [1.165, 1.54) is 0 Å². The van der Waals surface area contributed by atoms with Crippen molar-refractivity contribution in [2.45, 2.75) is 25.8 Å². The van der Waals surface area contributed by atoms with Gasteiger partial charge < -0.3 is 4.74 Å². The highest BCUT2D eigenvalue weighted by molar-refractivity contribution is 7.10. The molecule has 3 nitrogen and oxygen atoms in total. The Morgan fingerprint density at radius 2 is 2.44 bits per heavy atom. The van der Waals surface area contributed by atoms with Gasteiger partial charge in [0.25, 0.3) is 0 Å². The molecule has 1 aliphatic heterocycles. The Labute approximate surface area is 104 Å². The normalized spacial score (nSPS) is 17.8. The molecular formula is C11H15ClN2OS. The largest absolute Gasteiger partial charge is 0.496 e. The van der Waals surface area contributed by atoms with E-state index in [9.17, 15) is 0 Å². The maximum atomic E-state index is 6.23. The highest BCUT2D eigenvalue weighted by Gasteiger charge is 2.23. The molecule has 1 atom stereocenters. The van der Waals surface area contributed by atoms with E-state index in [4.69, 9.17) is 22.2 Å². The minimum Gasteiger partial charge on any atom is -0.496 e. The molecule has 0 bridgehead atoms. The number of ether oxygens (including phenoxy) is 1. The molecule has 1 unspecified atom stereocenters. The first-order chi connectivity index (χ1) is 7.74. The Morgan fingerprint density at radius 3 is 2.94 bits per heavy atom. The molecule has 3 N–H and O–H groups in total. The number of nitrogens with one attached hydrogen (secondary N) is 1. The zero-order chi connectivity index (χ0) is 11.5. The number of allylic oxidation sites excluding steroid dienone is 1. The van der Waals surface area contributed by atoms with E-state index < -0.39 is 0 Å². The van der Waals surface area contributed by atoms with Crippen molar-refractivity contribution < 1.29 is 4.74 Å². The number of hydrogen-bond acceptors (Lipinski definition) is 4. The number of halogens is 1. The van der Waals surface area contributed by atoms with Gasteiger partial charge >= 0.3 is 0 Å². The second-order valence-electron chi connectivity index (χ2n) is 3.79. The molecule has 2 heterocycles. The van der Waals surface area contributed by atoms with E-state index in [-0.39, 0.29) is 6.04 Å². The van der Waals surface area contributed by atoms with Gasteiger partial charge in [-0.05, 0) is 36.8 Å². The van der Waals surface area contributed by atoms with Crippen molar-refractivity contribution in [3.63, 3.8) is 0 Å². The summed E-state index contributed by atoms with van der Waals surface area (Å²) in [4.78, 5) is 1.02. The molecule has 0 aliphatic carbocycles. The van der Waals surface area contributed by atoms with Crippen molar-refractivity contribution in [2.75, 3.05) is 6.61 Å². The lowest BCUT2D eigenvalue weighted by atomic mass is 10.1. The van der Waals surface area contributed by atoms with Crippen LogP contribution in [-0.4, -0.2) is 6.61 Å². The van der Waals surface area contributed by atoms with Gasteiger partial charge in [-0.25, -0.2) is 5.43 Å². The average Bonchev–Trinajstić information content (AvgIpc) is 2.64. The number of hydrogen-bond donors (Lipinski definition) is 2. The van der Waals surface area contributed by atoms with Gasteiger partial charge in [0.15, 0.2) is 0 Å². The highest BCUT2D eigenvalue weighted by atomic mass is 35.5. The van der Waals surface area contributed by atoms with Gasteiger partial charge in [0.05, 0.1) is 11.6 Å². The van der Waals surface area contributed by atoms with E-state index in [0.29, 0.717) is 0 Å². The lowest BCUT2D eigenvalue weighted by Crippen LogP contribution is -2.30. The molecular weight excluding hydrogens is 244 g/mol. The van der Waals surface area contributed by atoms with Crippen LogP contribution in [0.3, 0.4) is 0 Å². The van der Waals surface area contributed by atoms with Gasteiger partial charge in [0.1, 0.15) is 11.8 Å². The Morgan fingerprint density at radius 1 is 1.62 bits per heavy atom. The van der Waals surface area contributed by atoms with Crippen molar-refractivity contribution >= 4 is 22.9 Å². The van der Waals surface area contributed by atoms with Crippen molar-refractivity contribution in [2.24, 2.45) is 5.84 Å². The fourth-order valence-electron chi connectivity index (χ4n) is 1.71. The monoisotopic (exact) mass is 258 g/mol. The number of nitrogens with two attached hydrogens (primary N) is 1. The summed E-state index contributed by atoms with van der Waals surface area (Å²) < 4.78 is 5.62. The van der Waals surface area contributed by atoms with Gasteiger partial charge in [-0.2, -0.15) is 0 Å². The average molecular weight is 259 g/mol. The maximum Gasteiger partial charge on any atom is 0.116 e. The fourth-order valence-corrected chi connectivity index (χ4v) is 3.08. The lowest BCUT2D eigenvalue weighted by Gasteiger charge is -2.22. The summed E-state index contributed by atoms with van der Waals surface area (Å²) in [6.45, 7) is 2.75. The standard InChI is InChI=1S/C11H15ClN2OS/c1-7-6-16-11(9(7)12)10(14-13)8-4-2-3-5-15-8/h4,6,10,14H,2-3,5,13H2,1H3. The first-order valence-electron chi connectivity index (χ1n) is 5.26. The summed E-state index contributed by atoms with van der Waals surface area (Å²) in [5.41, 5.74) is 3.86. The molecule has 1 aromatic rings. The summed E-state index contributed by atoms with van der Waals surface area (Å²) in [6, 6.07) is -0.119. The minimum atomic E-state index is -0.119. The molecule has 16 heavy (non-hydrogen) atoms. The smallest absolute Gasteiger partial charge is 0.116 e. The summed E-state index contributed by atoms with van der Waals surface area (Å²) in [5, 5.41) is 2.81. The van der Waals surface area contributed by atoms with Gasteiger partial charge in [0.2, 0.25) is 0 Å². The van der Waals surface area contributed by atoms with E-state index in [1.807, 2.05) is 12.3 Å². The van der Waals surface area contributed by atoms with Gasteiger partial charge in [-0.15, -0.1) is 11.3 Å². The molecule has 0 fully saturated rings. The summed E-state index contributed by atoms with van der Waals surface area (Å²) >= 11 is 7.84. The van der Waals surface area contributed by atoms with Crippen LogP contribution in [0.15, 0.2) is 17.2 Å². The Balaban J connectivity index is 2.28. The minimum absolute atomic E-state index is 0.119. The third-order valence-corrected chi connectivity index (χ3v) is 4.38. The van der Waals surface area contributed by atoms with E-state index in [1.54, 1.807) is 11.3 Å². The zero-order valence-electron chi connectivity index (χ0n) is 9.13. The predicted octanol–water partition coefficient (Wildman–Crippen LogP) is 2.91. The Kier molecular flexibility index (Phi) is 3.86. The van der Waals surface area contributed by atoms with Crippen LogP contribution in [0, 0.1) is 6.92 Å². The number of rotatable bonds is 3. The molecule has 1 aliphatic rings. The molecule has 0 saturated heterocycles. The second-order valence-corrected chi connectivity index (χ2v) is 5.08. The molecule has 88 valence electrons. The van der Waals surface area contributed by atoms with Gasteiger partial charge in [-0.1, -0.05) is 11.6 Å². The SMILES string of the molecule is Cc1csc(C(NN)C2=CCCCO2)c1Cl. The van der Waals surface area contributed by atoms with Gasteiger partial charge in [-0.3, -0.25) is 5.84 Å². The first-order valence-corrected chi connectivity index (χ1v) is 6.52. The van der Waals surface area contributed by atoms with Crippen LogP contribution >= 0.6 is 22.9 Å². The van der Waals surface area contributed by atoms with Crippen LogP contribution in [0.4, 0.5) is 0 Å². The van der Waals surface area contributed by atoms with Crippen molar-refractivity contribution in [1.82, 2.24) is 5.43 Å². The molecule has 2 rings (SSSR count). The van der Waals surface area contributed by atoms with Crippen LogP contribution in [-0.2, 0) is 4.74 Å². The predicted molar refractivity (Wildman–Crippen MR) is 67.4 cm³/mol. The fraction of sp³-hybridized carbons (Fsp3) is 0.455. The Hall–Kier alpha value is -0.550. The molecule has 0 spiro atoms. The molecule has 1 aromatic heterocycles. The Bertz CT molecular complexity index is 403. The van der Waals surface area contributed by atoms with Crippen LogP contribution < -0.4 is 11.3 Å².